The van der Waals surface area contributed by atoms with Gasteiger partial charge in [-0.1, -0.05) is 76.2 Å². The summed E-state index contributed by atoms with van der Waals surface area (Å²) in [5.74, 6) is -0.113. The van der Waals surface area contributed by atoms with Gasteiger partial charge in [0.15, 0.2) is 12.6 Å². The molecule has 0 amide bonds. The number of fused-ring (bicyclic) bond motifs is 1. The predicted octanol–water partition coefficient (Wildman–Crippen LogP) is 4.96. The van der Waals surface area contributed by atoms with Crippen molar-refractivity contribution in [3.05, 3.63) is 71.8 Å². The second-order valence-electron chi connectivity index (χ2n) is 10.7. The van der Waals surface area contributed by atoms with Gasteiger partial charge in [-0.25, -0.2) is 4.79 Å². The van der Waals surface area contributed by atoms with E-state index in [4.69, 9.17) is 28.4 Å². The normalized spacial score (nSPS) is 37.9. The molecule has 1 N–H and O–H groups in total. The van der Waals surface area contributed by atoms with Crippen molar-refractivity contribution in [2.24, 2.45) is 11.8 Å². The number of hydrogen-bond donors (Lipinski definition) is 1. The van der Waals surface area contributed by atoms with Crippen LogP contribution in [0.3, 0.4) is 0 Å². The van der Waals surface area contributed by atoms with Crippen molar-refractivity contribution >= 4 is 17.7 Å². The molecule has 3 saturated heterocycles. The van der Waals surface area contributed by atoms with Crippen molar-refractivity contribution in [3.8, 4) is 0 Å². The monoisotopic (exact) mass is 572 g/mol. The molecule has 5 rings (SSSR count). The van der Waals surface area contributed by atoms with Crippen LogP contribution in [0.25, 0.3) is 0 Å². The first kappa shape index (κ1) is 29.5. The van der Waals surface area contributed by atoms with Crippen LogP contribution in [0.15, 0.2) is 60.7 Å². The topological polar surface area (TPSA) is 92.7 Å². The van der Waals surface area contributed by atoms with Crippen LogP contribution in [0.2, 0.25) is 0 Å². The van der Waals surface area contributed by atoms with E-state index in [0.717, 1.165) is 17.7 Å². The maximum atomic E-state index is 13.0. The van der Waals surface area contributed by atoms with E-state index in [0.29, 0.717) is 5.56 Å². The number of benzene rings is 2. The van der Waals surface area contributed by atoms with E-state index in [2.05, 4.69) is 13.8 Å². The Balaban J connectivity index is 1.29. The molecule has 218 valence electrons. The summed E-state index contributed by atoms with van der Waals surface area (Å²) in [7, 11) is 0. The fraction of sp³-hybridized carbons (Fsp3) is 0.581. The summed E-state index contributed by atoms with van der Waals surface area (Å²) in [5.41, 5.74) is 1.08. The number of esters is 1. The largest absolute Gasteiger partial charge is 0.455 e. The first-order valence-corrected chi connectivity index (χ1v) is 15.3. The van der Waals surface area contributed by atoms with Gasteiger partial charge >= 0.3 is 5.97 Å². The third kappa shape index (κ3) is 6.26. The van der Waals surface area contributed by atoms with Crippen LogP contribution in [-0.4, -0.2) is 71.8 Å². The Morgan fingerprint density at radius 3 is 2.33 bits per heavy atom. The van der Waals surface area contributed by atoms with Crippen LogP contribution in [0.1, 0.15) is 56.3 Å². The standard InChI is InChI=1S/C31H40O8S/c1-5-22-25(19(4)26(31(36-22)40-6-2)37-28(33)20-13-9-7-10-14-20)38-29-18(3)24(32)27-23(35-29)17-34-30(39-27)21-15-11-8-12-16-21/h7-16,18-19,22-27,29-32H,5-6,17H2,1-4H3/t18?,19-,22?,23?,24+,25-,26?,27+,29-,30?,31-/m0/s1. The first-order valence-electron chi connectivity index (χ1n) is 14.2. The molecule has 0 saturated carbocycles. The molecule has 0 aromatic heterocycles. The van der Waals surface area contributed by atoms with Crippen LogP contribution in [0.4, 0.5) is 0 Å². The Kier molecular flexibility index (Phi) is 9.84. The molecule has 3 fully saturated rings. The van der Waals surface area contributed by atoms with Gasteiger partial charge in [-0.2, -0.15) is 0 Å². The highest BCUT2D eigenvalue weighted by Gasteiger charge is 2.52. The van der Waals surface area contributed by atoms with Crippen molar-refractivity contribution in [2.45, 2.75) is 88.8 Å². The number of thioether (sulfide) groups is 1. The van der Waals surface area contributed by atoms with Gasteiger partial charge in [0, 0.05) is 17.4 Å². The molecule has 3 aliphatic rings. The highest BCUT2D eigenvalue weighted by molar-refractivity contribution is 7.99. The minimum atomic E-state index is -0.811. The van der Waals surface area contributed by atoms with Gasteiger partial charge in [0.25, 0.3) is 0 Å². The summed E-state index contributed by atoms with van der Waals surface area (Å²) in [5, 5.41) is 11.3. The second kappa shape index (κ2) is 13.3. The molecule has 0 radical (unpaired) electrons. The van der Waals surface area contributed by atoms with Gasteiger partial charge in [0.05, 0.1) is 30.5 Å². The van der Waals surface area contributed by atoms with E-state index in [-0.39, 0.29) is 36.0 Å². The number of aliphatic hydroxyl groups excluding tert-OH is 1. The van der Waals surface area contributed by atoms with Crippen LogP contribution in [-0.2, 0) is 28.4 Å². The number of aliphatic hydroxyl groups is 1. The second-order valence-corrected chi connectivity index (χ2v) is 12.0. The Bertz CT molecular complexity index is 1090. The maximum Gasteiger partial charge on any atom is 0.338 e. The zero-order valence-corrected chi connectivity index (χ0v) is 24.3. The van der Waals surface area contributed by atoms with Crippen molar-refractivity contribution in [3.63, 3.8) is 0 Å². The molecule has 5 unspecified atom stereocenters. The summed E-state index contributed by atoms with van der Waals surface area (Å²) < 4.78 is 37.6. The van der Waals surface area contributed by atoms with Gasteiger partial charge in [-0.05, 0) is 24.3 Å². The average Bonchev–Trinajstić information content (AvgIpc) is 2.99. The minimum absolute atomic E-state index is 0.178. The van der Waals surface area contributed by atoms with E-state index in [1.807, 2.05) is 62.4 Å². The molecular weight excluding hydrogens is 532 g/mol. The molecule has 0 spiro atoms. The Morgan fingerprint density at radius 2 is 1.65 bits per heavy atom. The lowest BCUT2D eigenvalue weighted by atomic mass is 9.88. The smallest absolute Gasteiger partial charge is 0.338 e. The summed E-state index contributed by atoms with van der Waals surface area (Å²) in [6, 6.07) is 18.7. The van der Waals surface area contributed by atoms with Crippen LogP contribution in [0, 0.1) is 11.8 Å². The molecule has 2 aromatic rings. The summed E-state index contributed by atoms with van der Waals surface area (Å²) in [6.07, 6.45) is -3.53. The lowest BCUT2D eigenvalue weighted by Crippen LogP contribution is -2.61. The van der Waals surface area contributed by atoms with Gasteiger partial charge in [0.1, 0.15) is 23.7 Å². The molecule has 0 bridgehead atoms. The Labute approximate surface area is 240 Å². The number of ether oxygens (including phenoxy) is 6. The first-order chi connectivity index (χ1) is 19.4. The molecule has 9 heteroatoms. The van der Waals surface area contributed by atoms with Gasteiger partial charge in [0.2, 0.25) is 0 Å². The number of rotatable bonds is 8. The molecule has 2 aromatic carbocycles. The SMILES string of the molecule is CCS[C@@H]1OC(CC)[C@@H](O[C@@H]2OC3COC(c4ccccc4)O[C@H]3[C@H](O)C2C)[C@H](C)C1OC(=O)c1ccccc1. The molecule has 0 aliphatic carbocycles. The Hall–Kier alpha value is -1.98. The van der Waals surface area contributed by atoms with Gasteiger partial charge in [-0.3, -0.25) is 0 Å². The molecule has 11 atom stereocenters. The van der Waals surface area contributed by atoms with Gasteiger partial charge in [-0.15, -0.1) is 11.8 Å². The number of hydrogen-bond acceptors (Lipinski definition) is 9. The van der Waals surface area contributed by atoms with E-state index < -0.39 is 43.1 Å². The zero-order valence-electron chi connectivity index (χ0n) is 23.5. The molecule has 8 nitrogen and oxygen atoms in total. The van der Waals surface area contributed by atoms with Gasteiger partial charge < -0.3 is 33.5 Å². The van der Waals surface area contributed by atoms with Crippen molar-refractivity contribution in [1.82, 2.24) is 0 Å². The number of carbonyl (C=O) groups is 1. The van der Waals surface area contributed by atoms with E-state index in [1.54, 1.807) is 23.9 Å². The lowest BCUT2D eigenvalue weighted by Gasteiger charge is -2.50. The third-order valence-corrected chi connectivity index (χ3v) is 9.04. The van der Waals surface area contributed by atoms with Crippen molar-refractivity contribution in [2.75, 3.05) is 12.4 Å². The number of carbonyl (C=O) groups excluding carboxylic acids is 1. The van der Waals surface area contributed by atoms with Crippen LogP contribution in [0.5, 0.6) is 0 Å². The third-order valence-electron chi connectivity index (χ3n) is 8.00. The fourth-order valence-corrected chi connectivity index (χ4v) is 6.73. The highest BCUT2D eigenvalue weighted by Crippen LogP contribution is 2.41. The molecule has 3 aliphatic heterocycles. The van der Waals surface area contributed by atoms with Crippen LogP contribution < -0.4 is 0 Å². The zero-order chi connectivity index (χ0) is 28.2. The summed E-state index contributed by atoms with van der Waals surface area (Å²) in [4.78, 5) is 13.0. The Morgan fingerprint density at radius 1 is 0.950 bits per heavy atom. The maximum absolute atomic E-state index is 13.0. The van der Waals surface area contributed by atoms with E-state index in [9.17, 15) is 9.90 Å². The predicted molar refractivity (Wildman–Crippen MR) is 151 cm³/mol. The lowest BCUT2D eigenvalue weighted by molar-refractivity contribution is -0.365. The van der Waals surface area contributed by atoms with E-state index in [1.165, 1.54) is 0 Å². The highest BCUT2D eigenvalue weighted by atomic mass is 32.2. The van der Waals surface area contributed by atoms with Crippen LogP contribution >= 0.6 is 11.8 Å². The van der Waals surface area contributed by atoms with E-state index >= 15 is 0 Å². The van der Waals surface area contributed by atoms with Crippen molar-refractivity contribution < 1.29 is 38.3 Å². The summed E-state index contributed by atoms with van der Waals surface area (Å²) >= 11 is 1.62. The molecule has 3 heterocycles. The average molecular weight is 573 g/mol. The molecule has 40 heavy (non-hydrogen) atoms. The fourth-order valence-electron chi connectivity index (χ4n) is 5.68. The quantitative estimate of drug-likeness (QED) is 0.441. The summed E-state index contributed by atoms with van der Waals surface area (Å²) in [6.45, 7) is 8.32. The van der Waals surface area contributed by atoms with Crippen molar-refractivity contribution in [1.29, 1.82) is 0 Å². The minimum Gasteiger partial charge on any atom is -0.455 e. The molecular formula is C31H40O8S.